The summed E-state index contributed by atoms with van der Waals surface area (Å²) in [5, 5.41) is 0. The minimum absolute atomic E-state index is 0.0166. The number of carbonyl (C=O) groups is 1. The fraction of sp³-hybridized carbons (Fsp3) is 0.409. The summed E-state index contributed by atoms with van der Waals surface area (Å²) >= 11 is 0. The number of nitrogens with one attached hydrogen (secondary N) is 1. The minimum Gasteiger partial charge on any atom is -0.339 e. The van der Waals surface area contributed by atoms with Crippen molar-refractivity contribution in [2.24, 2.45) is 5.92 Å². The largest absolute Gasteiger partial charge is 0.339 e. The van der Waals surface area contributed by atoms with Crippen molar-refractivity contribution in [2.75, 3.05) is 13.1 Å². The first-order valence-electron chi connectivity index (χ1n) is 9.82. The first kappa shape index (κ1) is 20.6. The second-order valence-corrected chi connectivity index (χ2v) is 9.53. The van der Waals surface area contributed by atoms with Gasteiger partial charge in [-0.3, -0.25) is 4.79 Å². The Hall–Kier alpha value is -2.18. The first-order chi connectivity index (χ1) is 13.3. The topological polar surface area (TPSA) is 66.5 Å². The number of sulfonamides is 1. The van der Waals surface area contributed by atoms with Crippen LogP contribution in [0.2, 0.25) is 0 Å². The molecule has 0 atom stereocenters. The lowest BCUT2D eigenvalue weighted by atomic mass is 10.0. The SMILES string of the molecule is CC(C)Cc1ccc(S(=O)(=O)NCc2cccc(C(=O)N3CCCC3)c2)cc1. The molecule has 2 aromatic carbocycles. The van der Waals surface area contributed by atoms with Crippen LogP contribution in [0.1, 0.15) is 48.2 Å². The van der Waals surface area contributed by atoms with Gasteiger partial charge in [-0.2, -0.15) is 0 Å². The number of amides is 1. The highest BCUT2D eigenvalue weighted by atomic mass is 32.2. The lowest BCUT2D eigenvalue weighted by Gasteiger charge is -2.15. The number of likely N-dealkylation sites (tertiary alicyclic amines) is 1. The molecule has 1 heterocycles. The normalized spacial score (nSPS) is 14.6. The van der Waals surface area contributed by atoms with E-state index in [-0.39, 0.29) is 17.3 Å². The predicted octanol–water partition coefficient (Wildman–Crippen LogP) is 3.60. The number of rotatable bonds is 7. The molecule has 1 aliphatic rings. The highest BCUT2D eigenvalue weighted by Crippen LogP contribution is 2.16. The Morgan fingerprint density at radius 1 is 1.04 bits per heavy atom. The summed E-state index contributed by atoms with van der Waals surface area (Å²) in [5.74, 6) is 0.541. The summed E-state index contributed by atoms with van der Waals surface area (Å²) in [6.07, 6.45) is 3.01. The summed E-state index contributed by atoms with van der Waals surface area (Å²) in [6.45, 7) is 6.01. The minimum atomic E-state index is -3.60. The summed E-state index contributed by atoms with van der Waals surface area (Å²) in [6, 6.07) is 14.2. The zero-order valence-corrected chi connectivity index (χ0v) is 17.3. The van der Waals surface area contributed by atoms with Crippen molar-refractivity contribution < 1.29 is 13.2 Å². The second kappa shape index (κ2) is 8.88. The number of benzene rings is 2. The Labute approximate surface area is 167 Å². The molecule has 5 nitrogen and oxygen atoms in total. The van der Waals surface area contributed by atoms with Gasteiger partial charge in [0.1, 0.15) is 0 Å². The highest BCUT2D eigenvalue weighted by Gasteiger charge is 2.20. The van der Waals surface area contributed by atoms with Gasteiger partial charge in [0.15, 0.2) is 0 Å². The maximum absolute atomic E-state index is 12.6. The van der Waals surface area contributed by atoms with E-state index in [0.717, 1.165) is 43.5 Å². The molecule has 1 fully saturated rings. The molecule has 0 saturated carbocycles. The molecule has 1 saturated heterocycles. The molecule has 1 amide bonds. The van der Waals surface area contributed by atoms with Crippen LogP contribution in [0.4, 0.5) is 0 Å². The van der Waals surface area contributed by atoms with Crippen molar-refractivity contribution in [1.82, 2.24) is 9.62 Å². The Morgan fingerprint density at radius 2 is 1.71 bits per heavy atom. The average Bonchev–Trinajstić information content (AvgIpc) is 3.21. The Bertz CT molecular complexity index is 915. The van der Waals surface area contributed by atoms with Crippen LogP contribution in [0.5, 0.6) is 0 Å². The second-order valence-electron chi connectivity index (χ2n) is 7.77. The van der Waals surface area contributed by atoms with Crippen LogP contribution in [-0.4, -0.2) is 32.3 Å². The molecule has 0 aromatic heterocycles. The fourth-order valence-electron chi connectivity index (χ4n) is 3.45. The van der Waals surface area contributed by atoms with Gasteiger partial charge in [0.2, 0.25) is 10.0 Å². The molecule has 150 valence electrons. The molecule has 0 aliphatic carbocycles. The summed E-state index contributed by atoms with van der Waals surface area (Å²) in [5.41, 5.74) is 2.50. The van der Waals surface area contributed by atoms with E-state index in [9.17, 15) is 13.2 Å². The van der Waals surface area contributed by atoms with Gasteiger partial charge in [0.25, 0.3) is 5.91 Å². The number of hydrogen-bond donors (Lipinski definition) is 1. The van der Waals surface area contributed by atoms with Crippen LogP contribution in [-0.2, 0) is 23.0 Å². The van der Waals surface area contributed by atoms with Crippen molar-refractivity contribution in [1.29, 1.82) is 0 Å². The Morgan fingerprint density at radius 3 is 2.36 bits per heavy atom. The fourth-order valence-corrected chi connectivity index (χ4v) is 4.47. The zero-order valence-electron chi connectivity index (χ0n) is 16.5. The van der Waals surface area contributed by atoms with E-state index in [1.54, 1.807) is 30.3 Å². The lowest BCUT2D eigenvalue weighted by molar-refractivity contribution is 0.0792. The van der Waals surface area contributed by atoms with Crippen molar-refractivity contribution in [3.05, 3.63) is 65.2 Å². The van der Waals surface area contributed by atoms with Crippen molar-refractivity contribution in [3.8, 4) is 0 Å². The number of carbonyl (C=O) groups excluding carboxylic acids is 1. The molecule has 0 radical (unpaired) electrons. The Kier molecular flexibility index (Phi) is 6.52. The molecule has 0 spiro atoms. The lowest BCUT2D eigenvalue weighted by Crippen LogP contribution is -2.28. The van der Waals surface area contributed by atoms with Gasteiger partial charge >= 0.3 is 0 Å². The molecule has 3 rings (SSSR count). The molecule has 0 bridgehead atoms. The van der Waals surface area contributed by atoms with E-state index in [1.807, 2.05) is 23.1 Å². The van der Waals surface area contributed by atoms with Crippen LogP contribution in [0.3, 0.4) is 0 Å². The highest BCUT2D eigenvalue weighted by molar-refractivity contribution is 7.89. The molecule has 0 unspecified atom stereocenters. The molecule has 6 heteroatoms. The van der Waals surface area contributed by atoms with Crippen LogP contribution >= 0.6 is 0 Å². The van der Waals surface area contributed by atoms with Gasteiger partial charge in [-0.1, -0.05) is 38.1 Å². The molecular weight excluding hydrogens is 372 g/mol. The van der Waals surface area contributed by atoms with Crippen LogP contribution in [0.25, 0.3) is 0 Å². The first-order valence-corrected chi connectivity index (χ1v) is 11.3. The number of nitrogens with zero attached hydrogens (tertiary/aromatic N) is 1. The van der Waals surface area contributed by atoms with Gasteiger partial charge in [-0.15, -0.1) is 0 Å². The third-order valence-corrected chi connectivity index (χ3v) is 6.33. The van der Waals surface area contributed by atoms with Gasteiger partial charge in [-0.25, -0.2) is 13.1 Å². The predicted molar refractivity (Wildman–Crippen MR) is 111 cm³/mol. The summed E-state index contributed by atoms with van der Waals surface area (Å²) in [4.78, 5) is 14.6. The van der Waals surface area contributed by atoms with E-state index < -0.39 is 10.0 Å². The maximum atomic E-state index is 12.6. The van der Waals surface area contributed by atoms with Crippen LogP contribution < -0.4 is 4.72 Å². The summed E-state index contributed by atoms with van der Waals surface area (Å²) in [7, 11) is -3.60. The van der Waals surface area contributed by atoms with E-state index in [1.165, 1.54) is 0 Å². The van der Waals surface area contributed by atoms with E-state index in [0.29, 0.717) is 11.5 Å². The van der Waals surface area contributed by atoms with E-state index >= 15 is 0 Å². The maximum Gasteiger partial charge on any atom is 0.253 e. The average molecular weight is 401 g/mol. The molecule has 1 N–H and O–H groups in total. The zero-order chi connectivity index (χ0) is 20.1. The van der Waals surface area contributed by atoms with Gasteiger partial charge in [0, 0.05) is 25.2 Å². The Balaban J connectivity index is 1.65. The van der Waals surface area contributed by atoms with Crippen LogP contribution in [0, 0.1) is 5.92 Å². The van der Waals surface area contributed by atoms with E-state index in [4.69, 9.17) is 0 Å². The standard InChI is InChI=1S/C22H28N2O3S/c1-17(2)14-18-8-10-21(11-9-18)28(26,27)23-16-19-6-5-7-20(15-19)22(25)24-12-3-4-13-24/h5-11,15,17,23H,3-4,12-14,16H2,1-2H3. The quantitative estimate of drug-likeness (QED) is 0.772. The summed E-state index contributed by atoms with van der Waals surface area (Å²) < 4.78 is 27.8. The van der Waals surface area contributed by atoms with E-state index in [2.05, 4.69) is 18.6 Å². The molecular formula is C22H28N2O3S. The van der Waals surface area contributed by atoms with Crippen molar-refractivity contribution in [3.63, 3.8) is 0 Å². The molecule has 2 aromatic rings. The third-order valence-electron chi connectivity index (χ3n) is 4.91. The monoisotopic (exact) mass is 400 g/mol. The van der Waals surface area contributed by atoms with Crippen LogP contribution in [0.15, 0.2) is 53.4 Å². The number of hydrogen-bond acceptors (Lipinski definition) is 3. The molecule has 28 heavy (non-hydrogen) atoms. The van der Waals surface area contributed by atoms with Gasteiger partial charge < -0.3 is 4.90 Å². The van der Waals surface area contributed by atoms with Crippen molar-refractivity contribution in [2.45, 2.75) is 44.6 Å². The third kappa shape index (κ3) is 5.20. The smallest absolute Gasteiger partial charge is 0.253 e. The van der Waals surface area contributed by atoms with Gasteiger partial charge in [0.05, 0.1) is 4.90 Å². The van der Waals surface area contributed by atoms with Crippen molar-refractivity contribution >= 4 is 15.9 Å². The molecule has 1 aliphatic heterocycles. The van der Waals surface area contributed by atoms with Gasteiger partial charge in [-0.05, 0) is 60.6 Å².